The minimum absolute atomic E-state index is 0.274. The number of nitrogens with zero attached hydrogens (tertiary/aromatic N) is 2. The summed E-state index contributed by atoms with van der Waals surface area (Å²) in [6.07, 6.45) is 3.12. The van der Waals surface area contributed by atoms with Gasteiger partial charge in [0.1, 0.15) is 5.82 Å². The Bertz CT molecular complexity index is 694. The minimum Gasteiger partial charge on any atom is -0.369 e. The quantitative estimate of drug-likeness (QED) is 0.794. The Morgan fingerprint density at radius 1 is 1.17 bits per heavy atom. The van der Waals surface area contributed by atoms with Crippen molar-refractivity contribution in [3.05, 3.63) is 41.6 Å². The fraction of sp³-hybridized carbons (Fsp3) is 0.412. The molecule has 0 radical (unpaired) electrons. The summed E-state index contributed by atoms with van der Waals surface area (Å²) in [5.74, 6) is 5.35. The van der Waals surface area contributed by atoms with Crippen LogP contribution in [0.4, 0.5) is 10.1 Å². The molecule has 1 aliphatic heterocycles. The molecule has 0 unspecified atom stereocenters. The predicted octanol–water partition coefficient (Wildman–Crippen LogP) is 2.59. The molecule has 0 spiro atoms. The maximum atomic E-state index is 12.9. The molecule has 2 rings (SSSR count). The number of piperazine rings is 1. The maximum Gasteiger partial charge on any atom is 0.236 e. The molecule has 23 heavy (non-hydrogen) atoms. The molecule has 1 aromatic carbocycles. The Morgan fingerprint density at radius 3 is 2.43 bits per heavy atom. The molecular weight excluding hydrogens is 315 g/mol. The first-order valence-electron chi connectivity index (χ1n) is 7.68. The Morgan fingerprint density at radius 2 is 1.83 bits per heavy atom. The van der Waals surface area contributed by atoms with Gasteiger partial charge in [-0.2, -0.15) is 4.31 Å². The van der Waals surface area contributed by atoms with Crippen molar-refractivity contribution in [2.45, 2.75) is 19.8 Å². The molecule has 0 atom stereocenters. The third-order valence-electron chi connectivity index (χ3n) is 3.59. The van der Waals surface area contributed by atoms with Gasteiger partial charge in [0.2, 0.25) is 10.0 Å². The first-order chi connectivity index (χ1) is 11.0. The number of sulfonamides is 1. The lowest BCUT2D eigenvalue weighted by Gasteiger charge is -2.34. The molecule has 1 saturated heterocycles. The van der Waals surface area contributed by atoms with E-state index in [2.05, 4.69) is 16.7 Å². The van der Waals surface area contributed by atoms with E-state index in [0.29, 0.717) is 26.2 Å². The van der Waals surface area contributed by atoms with Gasteiger partial charge >= 0.3 is 0 Å². The van der Waals surface area contributed by atoms with Gasteiger partial charge in [-0.15, -0.1) is 0 Å². The number of hydrogen-bond acceptors (Lipinski definition) is 3. The van der Waals surface area contributed by atoms with Crippen LogP contribution in [0.3, 0.4) is 0 Å². The van der Waals surface area contributed by atoms with Crippen LogP contribution in [0.1, 0.15) is 19.8 Å². The highest BCUT2D eigenvalue weighted by atomic mass is 32.2. The monoisotopic (exact) mass is 336 g/mol. The largest absolute Gasteiger partial charge is 0.369 e. The number of unbranched alkanes of at least 4 members (excludes halogenated alkanes) is 1. The van der Waals surface area contributed by atoms with Gasteiger partial charge < -0.3 is 4.90 Å². The highest BCUT2D eigenvalue weighted by molar-refractivity contribution is 7.92. The molecular formula is C17H21FN2O2S. The first-order valence-corrected chi connectivity index (χ1v) is 9.19. The Labute approximate surface area is 137 Å². The van der Waals surface area contributed by atoms with Crippen molar-refractivity contribution in [1.82, 2.24) is 4.31 Å². The molecule has 0 aliphatic carbocycles. The Kier molecular flexibility index (Phi) is 6.20. The molecule has 0 amide bonds. The average Bonchev–Trinajstić information content (AvgIpc) is 2.55. The van der Waals surface area contributed by atoms with Crippen molar-refractivity contribution in [3.63, 3.8) is 0 Å². The van der Waals surface area contributed by atoms with E-state index in [1.807, 2.05) is 6.92 Å². The van der Waals surface area contributed by atoms with Crippen LogP contribution in [0.25, 0.3) is 0 Å². The molecule has 124 valence electrons. The van der Waals surface area contributed by atoms with Gasteiger partial charge in [-0.05, 0) is 30.7 Å². The zero-order valence-electron chi connectivity index (χ0n) is 13.2. The van der Waals surface area contributed by atoms with E-state index in [-0.39, 0.29) is 5.82 Å². The van der Waals surface area contributed by atoms with E-state index in [1.54, 1.807) is 12.1 Å². The van der Waals surface area contributed by atoms with E-state index in [1.165, 1.54) is 27.9 Å². The number of halogens is 1. The summed E-state index contributed by atoms with van der Waals surface area (Å²) in [4.78, 5) is 2.05. The SMILES string of the molecule is CCCC#CC=CS(=O)(=O)N1CCN(c2ccc(F)cc2)CC1. The fourth-order valence-corrected chi connectivity index (χ4v) is 3.40. The van der Waals surface area contributed by atoms with E-state index in [0.717, 1.165) is 18.5 Å². The maximum absolute atomic E-state index is 12.9. The highest BCUT2D eigenvalue weighted by Crippen LogP contribution is 2.18. The van der Waals surface area contributed by atoms with Crippen LogP contribution < -0.4 is 4.90 Å². The summed E-state index contributed by atoms with van der Waals surface area (Å²) >= 11 is 0. The molecule has 1 aromatic rings. The number of rotatable bonds is 4. The molecule has 1 aliphatic rings. The second-order valence-electron chi connectivity index (χ2n) is 5.28. The summed E-state index contributed by atoms with van der Waals surface area (Å²) in [7, 11) is -3.42. The van der Waals surface area contributed by atoms with Gasteiger partial charge in [-0.3, -0.25) is 0 Å². The van der Waals surface area contributed by atoms with Gasteiger partial charge in [0.25, 0.3) is 0 Å². The lowest BCUT2D eigenvalue weighted by molar-refractivity contribution is 0.390. The predicted molar refractivity (Wildman–Crippen MR) is 90.9 cm³/mol. The summed E-state index contributed by atoms with van der Waals surface area (Å²) < 4.78 is 38.8. The molecule has 6 heteroatoms. The van der Waals surface area contributed by atoms with E-state index in [4.69, 9.17) is 0 Å². The third-order valence-corrected chi connectivity index (χ3v) is 5.16. The topological polar surface area (TPSA) is 40.6 Å². The first kappa shape index (κ1) is 17.5. The third kappa shape index (κ3) is 5.08. The average molecular weight is 336 g/mol. The molecule has 0 N–H and O–H groups in total. The smallest absolute Gasteiger partial charge is 0.236 e. The van der Waals surface area contributed by atoms with Crippen molar-refractivity contribution in [2.24, 2.45) is 0 Å². The molecule has 4 nitrogen and oxygen atoms in total. The number of allylic oxidation sites excluding steroid dienone is 1. The van der Waals surface area contributed by atoms with Crippen molar-refractivity contribution < 1.29 is 12.8 Å². The summed E-state index contributed by atoms with van der Waals surface area (Å²) in [6, 6.07) is 6.25. The van der Waals surface area contributed by atoms with E-state index < -0.39 is 10.0 Å². The van der Waals surface area contributed by atoms with Crippen molar-refractivity contribution >= 4 is 15.7 Å². The van der Waals surface area contributed by atoms with Crippen LogP contribution in [0.2, 0.25) is 0 Å². The highest BCUT2D eigenvalue weighted by Gasteiger charge is 2.24. The number of anilines is 1. The lowest BCUT2D eigenvalue weighted by atomic mass is 10.2. The fourth-order valence-electron chi connectivity index (χ4n) is 2.31. The van der Waals surface area contributed by atoms with E-state index in [9.17, 15) is 12.8 Å². The van der Waals surface area contributed by atoms with Crippen LogP contribution in [-0.2, 0) is 10.0 Å². The van der Waals surface area contributed by atoms with Crippen LogP contribution in [0.15, 0.2) is 35.7 Å². The zero-order chi connectivity index (χ0) is 16.7. The Hall–Kier alpha value is -1.84. The number of hydrogen-bond donors (Lipinski definition) is 0. The van der Waals surface area contributed by atoms with Crippen LogP contribution >= 0.6 is 0 Å². The molecule has 0 bridgehead atoms. The van der Waals surface area contributed by atoms with Crippen LogP contribution in [0, 0.1) is 17.7 Å². The molecule has 0 saturated carbocycles. The van der Waals surface area contributed by atoms with Gasteiger partial charge in [0.05, 0.1) is 5.41 Å². The van der Waals surface area contributed by atoms with Gasteiger partial charge in [-0.25, -0.2) is 12.8 Å². The minimum atomic E-state index is -3.42. The van der Waals surface area contributed by atoms with Crippen molar-refractivity contribution in [2.75, 3.05) is 31.1 Å². The lowest BCUT2D eigenvalue weighted by Crippen LogP contribution is -2.48. The van der Waals surface area contributed by atoms with Crippen molar-refractivity contribution in [1.29, 1.82) is 0 Å². The standard InChI is InChI=1S/C17H21FN2O2S/c1-2-3-4-5-6-15-23(21,22)20-13-11-19(12-14-20)17-9-7-16(18)8-10-17/h6-10,15H,2-3,11-14H2,1H3. The van der Waals surface area contributed by atoms with E-state index >= 15 is 0 Å². The summed E-state index contributed by atoms with van der Waals surface area (Å²) in [5, 5.41) is 1.17. The Balaban J connectivity index is 1.93. The normalized spacial score (nSPS) is 16.3. The second-order valence-corrected chi connectivity index (χ2v) is 7.10. The zero-order valence-corrected chi connectivity index (χ0v) is 14.0. The summed E-state index contributed by atoms with van der Waals surface area (Å²) in [5.41, 5.74) is 0.907. The molecule has 0 aromatic heterocycles. The summed E-state index contributed by atoms with van der Waals surface area (Å²) in [6.45, 7) is 4.01. The van der Waals surface area contributed by atoms with Crippen LogP contribution in [-0.4, -0.2) is 38.9 Å². The second kappa shape index (κ2) is 8.14. The van der Waals surface area contributed by atoms with Crippen molar-refractivity contribution in [3.8, 4) is 11.8 Å². The van der Waals surface area contributed by atoms with Gasteiger partial charge in [0.15, 0.2) is 0 Å². The van der Waals surface area contributed by atoms with Gasteiger partial charge in [0, 0.05) is 44.4 Å². The van der Waals surface area contributed by atoms with Gasteiger partial charge in [-0.1, -0.05) is 18.8 Å². The molecule has 1 heterocycles. The number of benzene rings is 1. The van der Waals surface area contributed by atoms with Crippen LogP contribution in [0.5, 0.6) is 0 Å². The molecule has 1 fully saturated rings.